The lowest BCUT2D eigenvalue weighted by Gasteiger charge is -2.40. The molecule has 1 amide bonds. The van der Waals surface area contributed by atoms with Crippen LogP contribution in [-0.4, -0.2) is 49.9 Å². The Bertz CT molecular complexity index is 1150. The van der Waals surface area contributed by atoms with Crippen LogP contribution in [0, 0.1) is 18.7 Å². The number of aromatic nitrogens is 4. The van der Waals surface area contributed by atoms with Gasteiger partial charge in [-0.3, -0.25) is 4.79 Å². The van der Waals surface area contributed by atoms with Crippen molar-refractivity contribution in [1.29, 1.82) is 0 Å². The van der Waals surface area contributed by atoms with E-state index in [4.69, 9.17) is 0 Å². The zero-order chi connectivity index (χ0) is 24.5. The Morgan fingerprint density at radius 2 is 1.91 bits per heavy atom. The number of hydrogen-bond donors (Lipinski definition) is 1. The molecule has 3 heterocycles. The van der Waals surface area contributed by atoms with Gasteiger partial charge in [0.15, 0.2) is 5.82 Å². The molecule has 1 N–H and O–H groups in total. The minimum atomic E-state index is -4.46. The molecule has 0 saturated carbocycles. The second-order valence-electron chi connectivity index (χ2n) is 8.40. The van der Waals surface area contributed by atoms with Crippen LogP contribution in [0.4, 0.5) is 23.4 Å². The van der Waals surface area contributed by atoms with Gasteiger partial charge in [-0.1, -0.05) is 13.0 Å². The quantitative estimate of drug-likeness (QED) is 0.550. The minimum Gasteiger partial charge on any atom is -0.368 e. The first-order valence-corrected chi connectivity index (χ1v) is 10.9. The fourth-order valence-corrected chi connectivity index (χ4v) is 4.29. The highest BCUT2D eigenvalue weighted by atomic mass is 19.4. The number of amides is 1. The number of carbonyl (C=O) groups excluding carboxylic acids is 1. The first kappa shape index (κ1) is 23.7. The van der Waals surface area contributed by atoms with Crippen LogP contribution in [0.5, 0.6) is 0 Å². The molecule has 0 spiro atoms. The maximum Gasteiger partial charge on any atom is 0.417 e. The van der Waals surface area contributed by atoms with Crippen molar-refractivity contribution in [2.45, 2.75) is 38.9 Å². The van der Waals surface area contributed by atoms with Gasteiger partial charge in [0.1, 0.15) is 11.5 Å². The second kappa shape index (κ2) is 9.40. The third-order valence-electron chi connectivity index (χ3n) is 6.13. The third-order valence-corrected chi connectivity index (χ3v) is 6.13. The van der Waals surface area contributed by atoms with Crippen LogP contribution in [0.2, 0.25) is 0 Å². The molecule has 1 unspecified atom stereocenters. The Labute approximate surface area is 193 Å². The van der Waals surface area contributed by atoms with Gasteiger partial charge in [-0.25, -0.2) is 9.37 Å². The number of halogens is 4. The molecular formula is C23H24F4N6O. The molecule has 180 valence electrons. The third kappa shape index (κ3) is 4.73. The summed E-state index contributed by atoms with van der Waals surface area (Å²) < 4.78 is 53.2. The van der Waals surface area contributed by atoms with E-state index in [2.05, 4.69) is 20.5 Å². The molecule has 1 saturated heterocycles. The normalized spacial score (nSPS) is 18.7. The van der Waals surface area contributed by atoms with Crippen molar-refractivity contribution in [3.63, 3.8) is 0 Å². The SMILES string of the molecule is Cc1ccc(F)c(-n2nccn2)c1C(=O)N1CCC[C@@H](C)C1CNc1ccc(C(F)(F)F)cn1. The van der Waals surface area contributed by atoms with Crippen molar-refractivity contribution >= 4 is 11.7 Å². The number of alkyl halides is 3. The smallest absolute Gasteiger partial charge is 0.368 e. The van der Waals surface area contributed by atoms with Crippen molar-refractivity contribution in [3.05, 3.63) is 65.4 Å². The molecule has 1 aliphatic heterocycles. The van der Waals surface area contributed by atoms with Gasteiger partial charge in [0.25, 0.3) is 5.91 Å². The first-order chi connectivity index (χ1) is 16.2. The molecule has 0 bridgehead atoms. The molecule has 4 rings (SSSR count). The van der Waals surface area contributed by atoms with E-state index < -0.39 is 17.6 Å². The molecule has 0 aliphatic carbocycles. The van der Waals surface area contributed by atoms with Crippen LogP contribution in [0.25, 0.3) is 5.69 Å². The van der Waals surface area contributed by atoms with Gasteiger partial charge in [0.2, 0.25) is 0 Å². The van der Waals surface area contributed by atoms with Gasteiger partial charge in [0.05, 0.1) is 29.6 Å². The van der Waals surface area contributed by atoms with Crippen LogP contribution in [-0.2, 0) is 6.18 Å². The molecule has 1 fully saturated rings. The summed E-state index contributed by atoms with van der Waals surface area (Å²) >= 11 is 0. The van der Waals surface area contributed by atoms with Gasteiger partial charge >= 0.3 is 6.18 Å². The molecule has 1 aliphatic rings. The average molecular weight is 476 g/mol. The van der Waals surface area contributed by atoms with Gasteiger partial charge < -0.3 is 10.2 Å². The van der Waals surface area contributed by atoms with Crippen LogP contribution < -0.4 is 5.32 Å². The number of rotatable bonds is 5. The number of carbonyl (C=O) groups is 1. The van der Waals surface area contributed by atoms with E-state index in [1.54, 1.807) is 17.9 Å². The summed E-state index contributed by atoms with van der Waals surface area (Å²) in [5.41, 5.74) is -0.0671. The predicted molar refractivity (Wildman–Crippen MR) is 117 cm³/mol. The number of anilines is 1. The maximum absolute atomic E-state index is 14.8. The van der Waals surface area contributed by atoms with Gasteiger partial charge in [-0.05, 0) is 49.4 Å². The highest BCUT2D eigenvalue weighted by Crippen LogP contribution is 2.31. The van der Waals surface area contributed by atoms with E-state index in [0.29, 0.717) is 12.1 Å². The number of nitrogens with one attached hydrogen (secondary N) is 1. The summed E-state index contributed by atoms with van der Waals surface area (Å²) in [7, 11) is 0. The number of benzene rings is 1. The van der Waals surface area contributed by atoms with E-state index in [1.807, 2.05) is 6.92 Å². The van der Waals surface area contributed by atoms with Crippen LogP contribution >= 0.6 is 0 Å². The Kier molecular flexibility index (Phi) is 6.54. The molecule has 7 nitrogen and oxygen atoms in total. The summed E-state index contributed by atoms with van der Waals surface area (Å²) in [6.07, 6.45) is 0.787. The van der Waals surface area contributed by atoms with Crippen molar-refractivity contribution in [2.75, 3.05) is 18.4 Å². The van der Waals surface area contributed by atoms with Gasteiger partial charge in [-0.2, -0.15) is 23.4 Å². The monoisotopic (exact) mass is 476 g/mol. The van der Waals surface area contributed by atoms with E-state index in [0.717, 1.165) is 29.9 Å². The number of aryl methyl sites for hydroxylation is 1. The summed E-state index contributed by atoms with van der Waals surface area (Å²) in [5.74, 6) is -0.566. The van der Waals surface area contributed by atoms with Crippen LogP contribution in [0.3, 0.4) is 0 Å². The molecule has 11 heteroatoms. The number of nitrogens with zero attached hydrogens (tertiary/aromatic N) is 5. The fourth-order valence-electron chi connectivity index (χ4n) is 4.29. The lowest BCUT2D eigenvalue weighted by Crippen LogP contribution is -2.51. The molecule has 3 aromatic rings. The van der Waals surface area contributed by atoms with E-state index >= 15 is 0 Å². The highest BCUT2D eigenvalue weighted by molar-refractivity contribution is 5.99. The summed E-state index contributed by atoms with van der Waals surface area (Å²) in [4.78, 5) is 20.4. The summed E-state index contributed by atoms with van der Waals surface area (Å²) in [6, 6.07) is 4.77. The van der Waals surface area contributed by atoms with E-state index in [1.165, 1.54) is 24.5 Å². The molecule has 34 heavy (non-hydrogen) atoms. The first-order valence-electron chi connectivity index (χ1n) is 10.9. The highest BCUT2D eigenvalue weighted by Gasteiger charge is 2.35. The average Bonchev–Trinajstić information content (AvgIpc) is 3.33. The molecular weight excluding hydrogens is 452 g/mol. The zero-order valence-electron chi connectivity index (χ0n) is 18.7. The second-order valence-corrected chi connectivity index (χ2v) is 8.40. The Balaban J connectivity index is 1.60. The molecule has 2 aromatic heterocycles. The van der Waals surface area contributed by atoms with Crippen LogP contribution in [0.1, 0.15) is 41.3 Å². The Hall–Kier alpha value is -3.50. The van der Waals surface area contributed by atoms with Crippen molar-refractivity contribution in [2.24, 2.45) is 5.92 Å². The topological polar surface area (TPSA) is 75.9 Å². The van der Waals surface area contributed by atoms with Gasteiger partial charge in [0, 0.05) is 19.3 Å². The largest absolute Gasteiger partial charge is 0.417 e. The Morgan fingerprint density at radius 3 is 2.56 bits per heavy atom. The van der Waals surface area contributed by atoms with Crippen LogP contribution in [0.15, 0.2) is 42.9 Å². The number of hydrogen-bond acceptors (Lipinski definition) is 5. The molecule has 2 atom stereocenters. The zero-order valence-corrected chi connectivity index (χ0v) is 18.7. The fraction of sp³-hybridized carbons (Fsp3) is 0.391. The standard InChI is InChI=1S/C23H24F4N6O/c1-14-4-3-11-32(18(14)13-29-19-8-6-16(12-28-19)23(25,26)27)22(34)20-15(2)5-7-17(24)21(20)33-30-9-10-31-33/h5-10,12,14,18H,3-4,11,13H2,1-2H3,(H,28,29)/t14-,18?/m1/s1. The lowest BCUT2D eigenvalue weighted by atomic mass is 9.89. The van der Waals surface area contributed by atoms with E-state index in [-0.39, 0.29) is 41.5 Å². The molecule has 1 aromatic carbocycles. The summed E-state index contributed by atoms with van der Waals surface area (Å²) in [6.45, 7) is 4.50. The minimum absolute atomic E-state index is 0.00987. The predicted octanol–water partition coefficient (Wildman–Crippen LogP) is 4.48. The Morgan fingerprint density at radius 1 is 1.18 bits per heavy atom. The van der Waals surface area contributed by atoms with E-state index in [9.17, 15) is 22.4 Å². The van der Waals surface area contributed by atoms with Gasteiger partial charge in [-0.15, -0.1) is 4.80 Å². The van der Waals surface area contributed by atoms with Crippen molar-refractivity contribution in [3.8, 4) is 5.69 Å². The molecule has 0 radical (unpaired) electrons. The van der Waals surface area contributed by atoms with Crippen molar-refractivity contribution < 1.29 is 22.4 Å². The number of pyridine rings is 1. The maximum atomic E-state index is 14.8. The lowest BCUT2D eigenvalue weighted by molar-refractivity contribution is -0.137. The number of piperidine rings is 1. The summed E-state index contributed by atoms with van der Waals surface area (Å²) in [5, 5.41) is 11.1. The van der Waals surface area contributed by atoms with Crippen molar-refractivity contribution in [1.82, 2.24) is 24.9 Å². The number of likely N-dealkylation sites (tertiary alicyclic amines) is 1.